The Morgan fingerprint density at radius 3 is 2.14 bits per heavy atom. The summed E-state index contributed by atoms with van der Waals surface area (Å²) in [6, 6.07) is 0. The van der Waals surface area contributed by atoms with Gasteiger partial charge >= 0.3 is 0 Å². The number of likely N-dealkylation sites (tertiary alicyclic amines) is 1. The normalized spacial score (nSPS) is 20.1. The lowest BCUT2D eigenvalue weighted by molar-refractivity contribution is -0.541. The average Bonchev–Trinajstić information content (AvgIpc) is 2.52. The highest BCUT2D eigenvalue weighted by Crippen LogP contribution is 2.30. The molecule has 0 aromatic rings. The fourth-order valence-corrected chi connectivity index (χ4v) is 4.93. The van der Waals surface area contributed by atoms with Gasteiger partial charge in [-0.3, -0.25) is 9.48 Å². The first kappa shape index (κ1) is 20.7. The molecule has 0 aliphatic carbocycles. The number of rotatable bonds is 4. The zero-order valence-corrected chi connectivity index (χ0v) is 18.1. The summed E-state index contributed by atoms with van der Waals surface area (Å²) in [4.78, 5) is 2.64. The van der Waals surface area contributed by atoms with Gasteiger partial charge in [-0.2, -0.15) is 0 Å². The fourth-order valence-electron chi connectivity index (χ4n) is 3.11. The summed E-state index contributed by atoms with van der Waals surface area (Å²) in [7, 11) is 0. The van der Waals surface area contributed by atoms with E-state index in [0.29, 0.717) is 5.25 Å². The Kier molecular flexibility index (Phi) is 10.6. The van der Waals surface area contributed by atoms with Crippen LogP contribution >= 0.6 is 23.5 Å². The molecule has 2 aliphatic rings. The molecule has 2 heterocycles. The van der Waals surface area contributed by atoms with Crippen molar-refractivity contribution in [3.63, 3.8) is 0 Å². The largest absolute Gasteiger partial charge is 1.00 e. The molecule has 22 heavy (non-hydrogen) atoms. The second-order valence-electron chi connectivity index (χ2n) is 6.29. The van der Waals surface area contributed by atoms with Gasteiger partial charge in [0, 0.05) is 15.6 Å². The van der Waals surface area contributed by atoms with Crippen LogP contribution in [0, 0.1) is 0 Å². The molecule has 128 valence electrons. The maximum absolute atomic E-state index is 2.64. The van der Waals surface area contributed by atoms with Gasteiger partial charge in [-0.25, -0.2) is 0 Å². The maximum Gasteiger partial charge on any atom is 0.273 e. The lowest BCUT2D eigenvalue weighted by Gasteiger charge is -2.26. The van der Waals surface area contributed by atoms with Gasteiger partial charge in [-0.1, -0.05) is 13.8 Å². The smallest absolute Gasteiger partial charge is 0.273 e. The minimum absolute atomic E-state index is 0. The van der Waals surface area contributed by atoms with E-state index in [1.165, 1.54) is 74.8 Å². The second kappa shape index (κ2) is 11.2. The Labute approximate surface area is 162 Å². The molecule has 2 nitrogen and oxygen atoms in total. The van der Waals surface area contributed by atoms with Crippen LogP contribution in [0.4, 0.5) is 0 Å². The SMILES string of the molecule is CS/C(=C\C(N1CCCCC1)=[N+]1CCCCC1)SC(C)C.[I-]. The Balaban J connectivity index is 0.00000242. The summed E-state index contributed by atoms with van der Waals surface area (Å²) < 4.78 is 4.11. The topological polar surface area (TPSA) is 6.25 Å². The molecule has 2 fully saturated rings. The number of halogens is 1. The van der Waals surface area contributed by atoms with Gasteiger partial charge in [0.2, 0.25) is 0 Å². The number of thioether (sulfide) groups is 2. The first-order valence-corrected chi connectivity index (χ1v) is 10.6. The summed E-state index contributed by atoms with van der Waals surface area (Å²) in [6.07, 6.45) is 12.9. The van der Waals surface area contributed by atoms with Crippen molar-refractivity contribution in [2.24, 2.45) is 0 Å². The van der Waals surface area contributed by atoms with Gasteiger partial charge in [0.1, 0.15) is 0 Å². The summed E-state index contributed by atoms with van der Waals surface area (Å²) >= 11 is 3.91. The second-order valence-corrected chi connectivity index (χ2v) is 9.01. The molecule has 0 aromatic carbocycles. The van der Waals surface area contributed by atoms with E-state index in [4.69, 9.17) is 0 Å². The van der Waals surface area contributed by atoms with Crippen molar-refractivity contribution >= 4 is 29.4 Å². The van der Waals surface area contributed by atoms with Crippen LogP contribution in [0.5, 0.6) is 0 Å². The minimum atomic E-state index is 0. The van der Waals surface area contributed by atoms with Crippen molar-refractivity contribution in [3.05, 3.63) is 10.3 Å². The molecular formula is C17H31IN2S2. The van der Waals surface area contributed by atoms with Gasteiger partial charge < -0.3 is 24.0 Å². The molecule has 0 bridgehead atoms. The minimum Gasteiger partial charge on any atom is -1.00 e. The van der Waals surface area contributed by atoms with Gasteiger partial charge in [0.05, 0.1) is 26.2 Å². The van der Waals surface area contributed by atoms with E-state index in [2.05, 4.69) is 35.7 Å². The highest BCUT2D eigenvalue weighted by atomic mass is 127. The third kappa shape index (κ3) is 6.63. The van der Waals surface area contributed by atoms with Crippen molar-refractivity contribution in [3.8, 4) is 0 Å². The van der Waals surface area contributed by atoms with Gasteiger partial charge in [0.25, 0.3) is 5.84 Å². The van der Waals surface area contributed by atoms with Crippen molar-refractivity contribution in [2.45, 2.75) is 57.6 Å². The van der Waals surface area contributed by atoms with Crippen molar-refractivity contribution < 1.29 is 28.6 Å². The van der Waals surface area contributed by atoms with Crippen molar-refractivity contribution in [1.29, 1.82) is 0 Å². The number of hydrogen-bond acceptors (Lipinski definition) is 2. The highest BCUT2D eigenvalue weighted by molar-refractivity contribution is 8.22. The molecule has 0 atom stereocenters. The van der Waals surface area contributed by atoms with E-state index < -0.39 is 0 Å². The first-order valence-electron chi connectivity index (χ1n) is 8.50. The van der Waals surface area contributed by atoms with E-state index in [1.807, 2.05) is 23.5 Å². The van der Waals surface area contributed by atoms with Crippen LogP contribution in [-0.2, 0) is 0 Å². The van der Waals surface area contributed by atoms with Gasteiger partial charge in [-0.15, -0.1) is 23.5 Å². The van der Waals surface area contributed by atoms with E-state index in [-0.39, 0.29) is 24.0 Å². The number of hydrogen-bond donors (Lipinski definition) is 0. The Morgan fingerprint density at radius 1 is 1.00 bits per heavy atom. The predicted octanol–water partition coefficient (Wildman–Crippen LogP) is 1.42. The molecule has 0 radical (unpaired) electrons. The summed E-state index contributed by atoms with van der Waals surface area (Å²) in [5.41, 5.74) is 0. The molecule has 0 unspecified atom stereocenters. The maximum atomic E-state index is 2.64. The third-order valence-corrected chi connectivity index (χ3v) is 6.29. The zero-order valence-electron chi connectivity index (χ0n) is 14.3. The molecule has 0 saturated carbocycles. The molecule has 0 aromatic heterocycles. The standard InChI is InChI=1S/C17H31N2S2.HI/c1-15(2)21-17(20-3)14-16(18-10-6-4-7-11-18)19-12-8-5-9-13-19;/h14-15H,4-13H2,1-3H3;1H/q+1;/p-1/b17-14+;. The fraction of sp³-hybridized carbons (Fsp3) is 0.824. The van der Waals surface area contributed by atoms with Crippen LogP contribution in [-0.4, -0.2) is 53.0 Å². The van der Waals surface area contributed by atoms with Crippen molar-refractivity contribution in [1.82, 2.24) is 4.90 Å². The monoisotopic (exact) mass is 454 g/mol. The van der Waals surface area contributed by atoms with Crippen molar-refractivity contribution in [2.75, 3.05) is 32.4 Å². The molecule has 2 aliphatic heterocycles. The predicted molar refractivity (Wildman–Crippen MR) is 98.6 cm³/mol. The van der Waals surface area contributed by atoms with Gasteiger partial charge in [-0.05, 0) is 44.8 Å². The summed E-state index contributed by atoms with van der Waals surface area (Å²) in [5, 5.41) is 0.660. The van der Waals surface area contributed by atoms with Crippen LogP contribution in [0.25, 0.3) is 0 Å². The molecule has 0 spiro atoms. The lowest BCUT2D eigenvalue weighted by Crippen LogP contribution is -3.00. The molecule has 0 amide bonds. The summed E-state index contributed by atoms with van der Waals surface area (Å²) in [6.45, 7) is 9.56. The van der Waals surface area contributed by atoms with E-state index in [9.17, 15) is 0 Å². The van der Waals surface area contributed by atoms with Crippen LogP contribution in [0.1, 0.15) is 52.4 Å². The van der Waals surface area contributed by atoms with Crippen LogP contribution in [0.15, 0.2) is 10.3 Å². The average molecular weight is 454 g/mol. The Morgan fingerprint density at radius 2 is 1.59 bits per heavy atom. The molecule has 2 rings (SSSR count). The number of amidine groups is 1. The number of piperidine rings is 2. The van der Waals surface area contributed by atoms with Gasteiger partial charge in [0.15, 0.2) is 0 Å². The van der Waals surface area contributed by atoms with Crippen LogP contribution in [0.3, 0.4) is 0 Å². The summed E-state index contributed by atoms with van der Waals surface area (Å²) in [5.74, 6) is 1.51. The van der Waals surface area contributed by atoms with E-state index in [0.717, 1.165) is 0 Å². The van der Waals surface area contributed by atoms with E-state index >= 15 is 0 Å². The molecule has 5 heteroatoms. The highest BCUT2D eigenvalue weighted by Gasteiger charge is 2.25. The molecular weight excluding hydrogens is 423 g/mol. The molecule has 0 N–H and O–H groups in total. The number of nitrogens with zero attached hydrogens (tertiary/aromatic N) is 2. The third-order valence-electron chi connectivity index (χ3n) is 4.16. The van der Waals surface area contributed by atoms with Crippen LogP contribution in [0.2, 0.25) is 0 Å². The van der Waals surface area contributed by atoms with E-state index in [1.54, 1.807) is 0 Å². The Bertz CT molecular complexity index is 380. The lowest BCUT2D eigenvalue weighted by atomic mass is 10.1. The quantitative estimate of drug-likeness (QED) is 0.361. The first-order chi connectivity index (χ1) is 10.2. The molecule has 2 saturated heterocycles. The zero-order chi connectivity index (χ0) is 15.1. The van der Waals surface area contributed by atoms with Crippen LogP contribution < -0.4 is 24.0 Å². The Hall–Kier alpha value is 0.640.